The minimum Gasteiger partial charge on any atom is -0.375 e. The number of hydrogen-bond acceptors (Lipinski definition) is 8. The van der Waals surface area contributed by atoms with Crippen LogP contribution in [0.25, 0.3) is 5.69 Å². The van der Waals surface area contributed by atoms with Crippen LogP contribution >= 0.6 is 23.6 Å². The van der Waals surface area contributed by atoms with Crippen molar-refractivity contribution in [1.29, 1.82) is 0 Å². The number of nitrogens with two attached hydrogens (primary N) is 1. The largest absolute Gasteiger partial charge is 0.375 e. The van der Waals surface area contributed by atoms with Crippen LogP contribution in [0, 0.1) is 6.92 Å². The molecular weight excluding hydrogens is 420 g/mol. The summed E-state index contributed by atoms with van der Waals surface area (Å²) in [5.41, 5.74) is 10.4. The van der Waals surface area contributed by atoms with Gasteiger partial charge in [0.15, 0.2) is 10.2 Å². The number of thiazole rings is 1. The number of sulfonamides is 1. The predicted octanol–water partition coefficient (Wildman–Crippen LogP) is 1.39. The summed E-state index contributed by atoms with van der Waals surface area (Å²) < 4.78 is 28.8. The number of rotatable bonds is 6. The zero-order valence-corrected chi connectivity index (χ0v) is 17.3. The maximum atomic E-state index is 12.4. The van der Waals surface area contributed by atoms with E-state index in [-0.39, 0.29) is 10.0 Å². The Balaban J connectivity index is 1.84. The molecule has 3 aromatic rings. The van der Waals surface area contributed by atoms with Gasteiger partial charge in [0.05, 0.1) is 22.0 Å². The molecule has 0 saturated carbocycles. The first kappa shape index (κ1) is 19.9. The van der Waals surface area contributed by atoms with Crippen molar-refractivity contribution >= 4 is 49.5 Å². The van der Waals surface area contributed by atoms with E-state index in [4.69, 9.17) is 18.0 Å². The lowest BCUT2D eigenvalue weighted by atomic mass is 10.2. The summed E-state index contributed by atoms with van der Waals surface area (Å²) in [7, 11) is -3.71. The fraction of sp³-hybridized carbons (Fsp3) is 0.133. The second-order valence-corrected chi connectivity index (χ2v) is 8.56. The Morgan fingerprint density at radius 1 is 1.32 bits per heavy atom. The first-order chi connectivity index (χ1) is 13.3. The minimum atomic E-state index is -3.71. The average molecular weight is 437 g/mol. The summed E-state index contributed by atoms with van der Waals surface area (Å²) in [5, 5.41) is 14.3. The van der Waals surface area contributed by atoms with Gasteiger partial charge < -0.3 is 5.73 Å². The Morgan fingerprint density at radius 3 is 2.64 bits per heavy atom. The lowest BCUT2D eigenvalue weighted by molar-refractivity contribution is 0.601. The fourth-order valence-corrected chi connectivity index (χ4v) is 4.15. The number of benzene rings is 1. The topological polar surface area (TPSA) is 140 Å². The molecule has 1 aromatic carbocycles. The first-order valence-electron chi connectivity index (χ1n) is 7.83. The van der Waals surface area contributed by atoms with Crippen LogP contribution < -0.4 is 15.9 Å². The molecule has 0 spiro atoms. The van der Waals surface area contributed by atoms with Gasteiger partial charge in [0.25, 0.3) is 10.0 Å². The molecule has 0 saturated heterocycles. The highest BCUT2D eigenvalue weighted by Crippen LogP contribution is 2.20. The molecule has 0 aliphatic heterocycles. The molecule has 10 nitrogen and oxygen atoms in total. The maximum absolute atomic E-state index is 12.4. The molecule has 0 aliphatic rings. The molecule has 2 heterocycles. The minimum absolute atomic E-state index is 0.0487. The zero-order valence-electron chi connectivity index (χ0n) is 14.8. The number of hydrogen-bond donors (Lipinski definition) is 3. The van der Waals surface area contributed by atoms with Crippen LogP contribution in [0.2, 0.25) is 0 Å². The molecule has 0 unspecified atom stereocenters. The van der Waals surface area contributed by atoms with Crippen LogP contribution in [0.1, 0.15) is 18.3 Å². The molecule has 0 bridgehead atoms. The van der Waals surface area contributed by atoms with Crippen molar-refractivity contribution in [3.63, 3.8) is 0 Å². The molecule has 0 atom stereocenters. The Labute approximate surface area is 170 Å². The van der Waals surface area contributed by atoms with Crippen molar-refractivity contribution in [2.75, 3.05) is 4.72 Å². The van der Waals surface area contributed by atoms with E-state index in [9.17, 15) is 8.42 Å². The highest BCUT2D eigenvalue weighted by molar-refractivity contribution is 7.93. The molecule has 28 heavy (non-hydrogen) atoms. The maximum Gasteiger partial charge on any atom is 0.263 e. The highest BCUT2D eigenvalue weighted by atomic mass is 32.2. The summed E-state index contributed by atoms with van der Waals surface area (Å²) in [4.78, 5) is 4.04. The molecular formula is C15H16N8O2S3. The Kier molecular flexibility index (Phi) is 5.67. The van der Waals surface area contributed by atoms with E-state index >= 15 is 0 Å². The van der Waals surface area contributed by atoms with Crippen molar-refractivity contribution in [3.05, 3.63) is 47.2 Å². The molecule has 0 amide bonds. The van der Waals surface area contributed by atoms with Crippen molar-refractivity contribution in [1.82, 2.24) is 25.4 Å². The van der Waals surface area contributed by atoms with Gasteiger partial charge in [0.1, 0.15) is 5.69 Å². The summed E-state index contributed by atoms with van der Waals surface area (Å²) in [6, 6.07) is 6.26. The lowest BCUT2D eigenvalue weighted by Crippen LogP contribution is -2.25. The number of anilines is 1. The van der Waals surface area contributed by atoms with Crippen LogP contribution in [0.15, 0.2) is 45.8 Å². The van der Waals surface area contributed by atoms with Crippen LogP contribution in [-0.2, 0) is 10.0 Å². The number of thiocarbonyl (C=S) groups is 1. The third kappa shape index (κ3) is 4.32. The number of aromatic nitrogens is 4. The summed E-state index contributed by atoms with van der Waals surface area (Å²) in [6.07, 6.45) is 1.53. The van der Waals surface area contributed by atoms with Crippen LogP contribution in [-0.4, -0.2) is 39.2 Å². The zero-order chi connectivity index (χ0) is 20.3. The normalized spacial score (nSPS) is 12.0. The molecule has 0 aliphatic carbocycles. The van der Waals surface area contributed by atoms with Crippen molar-refractivity contribution < 1.29 is 8.42 Å². The predicted molar refractivity (Wildman–Crippen MR) is 111 cm³/mol. The van der Waals surface area contributed by atoms with E-state index < -0.39 is 10.0 Å². The molecule has 13 heteroatoms. The SMILES string of the molecule is C/C(=N\NC(N)=S)c1nnn(-c2ccc(S(=O)(=O)Nc3nccs3)cc2)c1C. The number of nitrogens with zero attached hydrogens (tertiary/aromatic N) is 5. The summed E-state index contributed by atoms with van der Waals surface area (Å²) in [5.74, 6) is 0. The molecule has 2 aromatic heterocycles. The molecule has 0 fully saturated rings. The Morgan fingerprint density at radius 2 is 2.04 bits per heavy atom. The van der Waals surface area contributed by atoms with E-state index in [1.54, 1.807) is 29.1 Å². The fourth-order valence-electron chi connectivity index (χ4n) is 2.31. The van der Waals surface area contributed by atoms with E-state index in [2.05, 4.69) is 30.5 Å². The molecule has 146 valence electrons. The average Bonchev–Trinajstić information content (AvgIpc) is 3.29. The second kappa shape index (κ2) is 8.00. The summed E-state index contributed by atoms with van der Waals surface area (Å²) >= 11 is 5.92. The van der Waals surface area contributed by atoms with Gasteiger partial charge in [-0.25, -0.2) is 18.1 Å². The standard InChI is InChI=1S/C15H16N8O2S3/c1-9(18-20-14(16)26)13-10(2)23(22-19-13)11-3-5-12(6-4-11)28(24,25)21-15-17-7-8-27-15/h3-8H,1-2H3,(H,17,21)(H3,16,20,26)/b18-9+. The third-order valence-electron chi connectivity index (χ3n) is 3.62. The second-order valence-electron chi connectivity index (χ2n) is 5.55. The van der Waals surface area contributed by atoms with Gasteiger partial charge in [-0.3, -0.25) is 10.1 Å². The van der Waals surface area contributed by atoms with Gasteiger partial charge >= 0.3 is 0 Å². The van der Waals surface area contributed by atoms with Gasteiger partial charge in [-0.1, -0.05) is 5.21 Å². The van der Waals surface area contributed by atoms with Gasteiger partial charge in [0.2, 0.25) is 0 Å². The molecule has 0 radical (unpaired) electrons. The van der Waals surface area contributed by atoms with Crippen LogP contribution in [0.5, 0.6) is 0 Å². The highest BCUT2D eigenvalue weighted by Gasteiger charge is 2.17. The molecule has 3 rings (SSSR count). The monoisotopic (exact) mass is 436 g/mol. The van der Waals surface area contributed by atoms with E-state index in [0.717, 1.165) is 5.69 Å². The van der Waals surface area contributed by atoms with Crippen molar-refractivity contribution in [3.8, 4) is 5.69 Å². The molecule has 4 N–H and O–H groups in total. The van der Waals surface area contributed by atoms with E-state index in [0.29, 0.717) is 22.2 Å². The van der Waals surface area contributed by atoms with Crippen molar-refractivity contribution in [2.24, 2.45) is 10.8 Å². The Bertz CT molecular complexity index is 1120. The van der Waals surface area contributed by atoms with Gasteiger partial charge in [-0.2, -0.15) is 5.10 Å². The van der Waals surface area contributed by atoms with E-state index in [1.807, 2.05) is 6.92 Å². The van der Waals surface area contributed by atoms with Gasteiger partial charge in [-0.05, 0) is 50.3 Å². The quantitative estimate of drug-likeness (QED) is 0.299. The Hall–Kier alpha value is -2.90. The smallest absolute Gasteiger partial charge is 0.263 e. The van der Waals surface area contributed by atoms with Crippen LogP contribution in [0.3, 0.4) is 0 Å². The third-order valence-corrected chi connectivity index (χ3v) is 5.88. The number of hydrazone groups is 1. The van der Waals surface area contributed by atoms with E-state index in [1.165, 1.54) is 29.7 Å². The lowest BCUT2D eigenvalue weighted by Gasteiger charge is -2.07. The summed E-state index contributed by atoms with van der Waals surface area (Å²) in [6.45, 7) is 3.57. The van der Waals surface area contributed by atoms with Crippen molar-refractivity contribution in [2.45, 2.75) is 18.7 Å². The van der Waals surface area contributed by atoms with Crippen LogP contribution in [0.4, 0.5) is 5.13 Å². The first-order valence-corrected chi connectivity index (χ1v) is 10.6. The van der Waals surface area contributed by atoms with Gasteiger partial charge in [-0.15, -0.1) is 16.4 Å². The number of nitrogens with one attached hydrogen (secondary N) is 2. The van der Waals surface area contributed by atoms with Gasteiger partial charge in [0, 0.05) is 11.6 Å².